The van der Waals surface area contributed by atoms with Crippen LogP contribution in [-0.4, -0.2) is 28.8 Å². The predicted molar refractivity (Wildman–Crippen MR) is 73.4 cm³/mol. The Morgan fingerprint density at radius 1 is 1.35 bits per heavy atom. The smallest absolute Gasteiger partial charge is 0.306 e. The van der Waals surface area contributed by atoms with Gasteiger partial charge in [0.15, 0.2) is 0 Å². The minimum Gasteiger partial charge on any atom is -0.508 e. The van der Waals surface area contributed by atoms with E-state index in [1.165, 1.54) is 0 Å². The minimum absolute atomic E-state index is 0.0168. The lowest BCUT2D eigenvalue weighted by atomic mass is 9.92. The summed E-state index contributed by atoms with van der Waals surface area (Å²) in [7, 11) is 0. The van der Waals surface area contributed by atoms with Crippen molar-refractivity contribution in [2.75, 3.05) is 6.61 Å². The molecule has 0 aliphatic carbocycles. The van der Waals surface area contributed by atoms with E-state index in [-0.39, 0.29) is 30.5 Å². The Morgan fingerprint density at radius 3 is 2.70 bits per heavy atom. The first-order valence-electron chi connectivity index (χ1n) is 6.66. The molecule has 0 aliphatic heterocycles. The molecule has 1 rings (SSSR count). The van der Waals surface area contributed by atoms with Crippen molar-refractivity contribution < 1.29 is 24.5 Å². The summed E-state index contributed by atoms with van der Waals surface area (Å²) < 4.78 is 4.90. The summed E-state index contributed by atoms with van der Waals surface area (Å²) in [5.74, 6) is -1.14. The fourth-order valence-corrected chi connectivity index (χ4v) is 2.08. The molecule has 0 heterocycles. The van der Waals surface area contributed by atoms with E-state index in [1.807, 2.05) is 6.07 Å². The van der Waals surface area contributed by atoms with Crippen LogP contribution in [0.15, 0.2) is 24.3 Å². The Balaban J connectivity index is 2.65. The van der Waals surface area contributed by atoms with Crippen LogP contribution < -0.4 is 0 Å². The van der Waals surface area contributed by atoms with Crippen molar-refractivity contribution in [2.45, 2.75) is 32.6 Å². The molecule has 1 atom stereocenters. The number of ether oxygens (including phenoxy) is 1. The van der Waals surface area contributed by atoms with Crippen LogP contribution in [0.1, 0.15) is 31.7 Å². The van der Waals surface area contributed by atoms with Crippen molar-refractivity contribution in [1.82, 2.24) is 0 Å². The number of hydrogen-bond acceptors (Lipinski definition) is 4. The van der Waals surface area contributed by atoms with Crippen molar-refractivity contribution >= 4 is 11.9 Å². The lowest BCUT2D eigenvalue weighted by Gasteiger charge is -2.15. The van der Waals surface area contributed by atoms with E-state index in [9.17, 15) is 14.7 Å². The van der Waals surface area contributed by atoms with Gasteiger partial charge in [-0.05, 0) is 43.4 Å². The zero-order chi connectivity index (χ0) is 15.0. The van der Waals surface area contributed by atoms with Crippen LogP contribution in [0.5, 0.6) is 5.75 Å². The van der Waals surface area contributed by atoms with E-state index < -0.39 is 5.97 Å². The predicted octanol–water partition coefficient (Wildman–Crippen LogP) is 2.37. The number of aliphatic carboxylic acids is 1. The topological polar surface area (TPSA) is 83.8 Å². The molecular weight excluding hydrogens is 260 g/mol. The van der Waals surface area contributed by atoms with Gasteiger partial charge in [-0.15, -0.1) is 0 Å². The highest BCUT2D eigenvalue weighted by Crippen LogP contribution is 2.21. The Bertz CT molecular complexity index is 455. The highest BCUT2D eigenvalue weighted by Gasteiger charge is 2.17. The minimum atomic E-state index is -0.880. The number of hydrogen-bond donors (Lipinski definition) is 2. The van der Waals surface area contributed by atoms with E-state index in [1.54, 1.807) is 25.1 Å². The van der Waals surface area contributed by atoms with Gasteiger partial charge in [0, 0.05) is 12.8 Å². The Hall–Kier alpha value is -2.04. The molecule has 5 nitrogen and oxygen atoms in total. The molecule has 0 spiro atoms. The monoisotopic (exact) mass is 280 g/mol. The van der Waals surface area contributed by atoms with E-state index in [4.69, 9.17) is 9.84 Å². The number of carboxylic acids is 1. The molecule has 0 saturated carbocycles. The van der Waals surface area contributed by atoms with Crippen LogP contribution in [0.3, 0.4) is 0 Å². The van der Waals surface area contributed by atoms with Gasteiger partial charge < -0.3 is 14.9 Å². The molecule has 110 valence electrons. The molecule has 0 fully saturated rings. The molecule has 0 aliphatic rings. The van der Waals surface area contributed by atoms with E-state index >= 15 is 0 Å². The number of carbonyl (C=O) groups is 2. The summed E-state index contributed by atoms with van der Waals surface area (Å²) in [6.07, 6.45) is 1.16. The Kier molecular flexibility index (Phi) is 6.56. The van der Waals surface area contributed by atoms with Crippen LogP contribution in [0, 0.1) is 5.92 Å². The highest BCUT2D eigenvalue weighted by atomic mass is 16.5. The van der Waals surface area contributed by atoms with Crippen LogP contribution in [-0.2, 0) is 20.7 Å². The fraction of sp³-hybridized carbons (Fsp3) is 0.467. The number of esters is 1. The van der Waals surface area contributed by atoms with Crippen molar-refractivity contribution in [2.24, 2.45) is 5.92 Å². The lowest BCUT2D eigenvalue weighted by molar-refractivity contribution is -0.145. The maximum absolute atomic E-state index is 11.5. The van der Waals surface area contributed by atoms with Gasteiger partial charge in [0.1, 0.15) is 5.75 Å². The second-order valence-corrected chi connectivity index (χ2v) is 4.68. The van der Waals surface area contributed by atoms with E-state index in [0.29, 0.717) is 19.4 Å². The summed E-state index contributed by atoms with van der Waals surface area (Å²) in [4.78, 5) is 22.2. The van der Waals surface area contributed by atoms with Crippen LogP contribution >= 0.6 is 0 Å². The number of benzene rings is 1. The Labute approximate surface area is 118 Å². The van der Waals surface area contributed by atoms with Gasteiger partial charge in [0.05, 0.1) is 6.61 Å². The standard InChI is InChI=1S/C15H20O5/c1-2-20-15(19)10-12(6-7-14(17)18)8-11-4-3-5-13(16)9-11/h3-5,9,12,16H,2,6-8,10H2,1H3,(H,17,18). The van der Waals surface area contributed by atoms with Crippen LogP contribution in [0.25, 0.3) is 0 Å². The summed E-state index contributed by atoms with van der Waals surface area (Å²) in [5, 5.41) is 18.2. The van der Waals surface area contributed by atoms with Gasteiger partial charge >= 0.3 is 11.9 Å². The summed E-state index contributed by atoms with van der Waals surface area (Å²) in [6.45, 7) is 2.05. The molecular formula is C15H20O5. The number of rotatable bonds is 8. The van der Waals surface area contributed by atoms with Crippen molar-refractivity contribution in [1.29, 1.82) is 0 Å². The molecule has 1 unspecified atom stereocenters. The number of carboxylic acid groups (broad SMARTS) is 1. The van der Waals surface area contributed by atoms with E-state index in [0.717, 1.165) is 5.56 Å². The lowest BCUT2D eigenvalue weighted by Crippen LogP contribution is -2.15. The zero-order valence-corrected chi connectivity index (χ0v) is 11.5. The van der Waals surface area contributed by atoms with Crippen molar-refractivity contribution in [3.8, 4) is 5.75 Å². The summed E-state index contributed by atoms with van der Waals surface area (Å²) in [5.41, 5.74) is 0.879. The summed E-state index contributed by atoms with van der Waals surface area (Å²) in [6, 6.07) is 6.77. The number of phenolic OH excluding ortho intramolecular Hbond substituents is 1. The molecule has 2 N–H and O–H groups in total. The quantitative estimate of drug-likeness (QED) is 0.714. The van der Waals surface area contributed by atoms with Crippen LogP contribution in [0.2, 0.25) is 0 Å². The van der Waals surface area contributed by atoms with Gasteiger partial charge in [-0.3, -0.25) is 9.59 Å². The molecule has 1 aromatic rings. The second kappa shape index (κ2) is 8.19. The number of carbonyl (C=O) groups excluding carboxylic acids is 1. The first kappa shape index (κ1) is 16.0. The number of phenols is 1. The summed E-state index contributed by atoms with van der Waals surface area (Å²) >= 11 is 0. The average molecular weight is 280 g/mol. The van der Waals surface area contributed by atoms with Crippen LogP contribution in [0.4, 0.5) is 0 Å². The zero-order valence-electron chi connectivity index (χ0n) is 11.5. The molecule has 0 bridgehead atoms. The molecule has 0 radical (unpaired) electrons. The number of aromatic hydroxyl groups is 1. The third-order valence-corrected chi connectivity index (χ3v) is 2.96. The van der Waals surface area contributed by atoms with Gasteiger partial charge in [-0.2, -0.15) is 0 Å². The van der Waals surface area contributed by atoms with Gasteiger partial charge in [0.2, 0.25) is 0 Å². The normalized spacial score (nSPS) is 11.8. The third kappa shape index (κ3) is 6.22. The molecule has 0 amide bonds. The van der Waals surface area contributed by atoms with E-state index in [2.05, 4.69) is 0 Å². The first-order valence-corrected chi connectivity index (χ1v) is 6.66. The van der Waals surface area contributed by atoms with Gasteiger partial charge in [0.25, 0.3) is 0 Å². The van der Waals surface area contributed by atoms with Gasteiger partial charge in [-0.1, -0.05) is 12.1 Å². The van der Waals surface area contributed by atoms with Crippen molar-refractivity contribution in [3.05, 3.63) is 29.8 Å². The SMILES string of the molecule is CCOC(=O)CC(CCC(=O)O)Cc1cccc(O)c1. The molecule has 20 heavy (non-hydrogen) atoms. The molecule has 5 heteroatoms. The molecule has 0 saturated heterocycles. The highest BCUT2D eigenvalue weighted by molar-refractivity contribution is 5.70. The Morgan fingerprint density at radius 2 is 2.10 bits per heavy atom. The average Bonchev–Trinajstić information content (AvgIpc) is 2.36. The fourth-order valence-electron chi connectivity index (χ4n) is 2.08. The molecule has 1 aromatic carbocycles. The largest absolute Gasteiger partial charge is 0.508 e. The van der Waals surface area contributed by atoms with Gasteiger partial charge in [-0.25, -0.2) is 0 Å². The second-order valence-electron chi connectivity index (χ2n) is 4.68. The maximum atomic E-state index is 11.5. The third-order valence-electron chi connectivity index (χ3n) is 2.96. The first-order chi connectivity index (χ1) is 9.51. The molecule has 0 aromatic heterocycles. The maximum Gasteiger partial charge on any atom is 0.306 e. The van der Waals surface area contributed by atoms with Crippen molar-refractivity contribution in [3.63, 3.8) is 0 Å².